The highest BCUT2D eigenvalue weighted by Gasteiger charge is 2.29. The van der Waals surface area contributed by atoms with Gasteiger partial charge in [0.05, 0.1) is 25.0 Å². The van der Waals surface area contributed by atoms with Crippen LogP contribution in [0, 0.1) is 12.8 Å². The van der Waals surface area contributed by atoms with Crippen molar-refractivity contribution in [3.63, 3.8) is 0 Å². The lowest BCUT2D eigenvalue weighted by atomic mass is 9.88. The number of carbonyl (C=O) groups is 2. The molecule has 4 rings (SSSR count). The lowest BCUT2D eigenvalue weighted by Crippen LogP contribution is -2.17. The standard InChI is InChI=1S/C27H33ClN4O4S2/c1-5-32-22(7-6-12-36-20-11-9-18(28)14-17(20)3)30-31-27(32)37-15-23(33)29-25-24(26(34)35-4)19-10-8-16(2)13-21(19)38-25/h9,11,14,16H,5-8,10,12-13,15H2,1-4H3,(H,29,33). The van der Waals surface area contributed by atoms with Crippen LogP contribution < -0.4 is 10.1 Å². The Balaban J connectivity index is 1.33. The van der Waals surface area contributed by atoms with Crippen LogP contribution >= 0.6 is 34.7 Å². The number of thiophene rings is 1. The number of esters is 1. The van der Waals surface area contributed by atoms with Gasteiger partial charge in [0.15, 0.2) is 5.16 Å². The van der Waals surface area contributed by atoms with Crippen molar-refractivity contribution >= 4 is 51.6 Å². The summed E-state index contributed by atoms with van der Waals surface area (Å²) in [6, 6.07) is 5.58. The summed E-state index contributed by atoms with van der Waals surface area (Å²) in [6.07, 6.45) is 4.26. The zero-order valence-electron chi connectivity index (χ0n) is 22.1. The van der Waals surface area contributed by atoms with Crippen LogP contribution in [0.25, 0.3) is 0 Å². The highest BCUT2D eigenvalue weighted by Crippen LogP contribution is 2.40. The molecule has 1 N–H and O–H groups in total. The fourth-order valence-corrected chi connectivity index (χ4v) is 7.03. The number of anilines is 1. The molecule has 0 saturated carbocycles. The normalized spacial score (nSPS) is 14.7. The van der Waals surface area contributed by atoms with Gasteiger partial charge in [-0.1, -0.05) is 30.3 Å². The van der Waals surface area contributed by atoms with Gasteiger partial charge in [-0.25, -0.2) is 4.79 Å². The Morgan fingerprint density at radius 2 is 2.13 bits per heavy atom. The highest BCUT2D eigenvalue weighted by atomic mass is 35.5. The first-order valence-corrected chi connectivity index (χ1v) is 14.9. The summed E-state index contributed by atoms with van der Waals surface area (Å²) in [5.41, 5.74) is 2.53. The summed E-state index contributed by atoms with van der Waals surface area (Å²) in [4.78, 5) is 26.5. The van der Waals surface area contributed by atoms with Gasteiger partial charge in [-0.2, -0.15) is 0 Å². The molecule has 2 heterocycles. The van der Waals surface area contributed by atoms with E-state index in [0.717, 1.165) is 53.3 Å². The molecule has 11 heteroatoms. The zero-order chi connectivity index (χ0) is 27.2. The number of carbonyl (C=O) groups excluding carboxylic acids is 2. The van der Waals surface area contributed by atoms with Crippen molar-refractivity contribution in [1.29, 1.82) is 0 Å². The topological polar surface area (TPSA) is 95.3 Å². The molecule has 204 valence electrons. The number of aromatic nitrogens is 3. The highest BCUT2D eigenvalue weighted by molar-refractivity contribution is 7.99. The van der Waals surface area contributed by atoms with Gasteiger partial charge < -0.3 is 19.4 Å². The third kappa shape index (κ3) is 6.71. The zero-order valence-corrected chi connectivity index (χ0v) is 24.5. The molecule has 0 bridgehead atoms. The summed E-state index contributed by atoms with van der Waals surface area (Å²) >= 11 is 8.84. The van der Waals surface area contributed by atoms with Gasteiger partial charge in [0.2, 0.25) is 5.91 Å². The number of halogens is 1. The van der Waals surface area contributed by atoms with Gasteiger partial charge in [-0.05, 0) is 74.8 Å². The van der Waals surface area contributed by atoms with Crippen LogP contribution in [0.15, 0.2) is 23.4 Å². The van der Waals surface area contributed by atoms with Gasteiger partial charge in [0.25, 0.3) is 0 Å². The fourth-order valence-electron chi connectivity index (χ4n) is 4.57. The number of benzene rings is 1. The quantitative estimate of drug-likeness (QED) is 0.170. The predicted molar refractivity (Wildman–Crippen MR) is 152 cm³/mol. The second kappa shape index (κ2) is 13.0. The first-order valence-electron chi connectivity index (χ1n) is 12.8. The van der Waals surface area contributed by atoms with Crippen LogP contribution in [0.3, 0.4) is 0 Å². The maximum absolute atomic E-state index is 12.9. The molecule has 1 aromatic carbocycles. The number of hydrogen-bond acceptors (Lipinski definition) is 8. The molecular formula is C27H33ClN4O4S2. The van der Waals surface area contributed by atoms with Gasteiger partial charge in [0, 0.05) is 22.9 Å². The molecule has 38 heavy (non-hydrogen) atoms. The van der Waals surface area contributed by atoms with Gasteiger partial charge in [-0.3, -0.25) is 4.79 Å². The third-order valence-electron chi connectivity index (χ3n) is 6.54. The van der Waals surface area contributed by atoms with Crippen molar-refractivity contribution in [2.24, 2.45) is 5.92 Å². The number of hydrogen-bond donors (Lipinski definition) is 1. The first kappa shape index (κ1) is 28.4. The fraction of sp³-hybridized carbons (Fsp3) is 0.481. The average molecular weight is 577 g/mol. The summed E-state index contributed by atoms with van der Waals surface area (Å²) in [5, 5.41) is 13.6. The van der Waals surface area contributed by atoms with Crippen molar-refractivity contribution in [2.45, 2.75) is 64.6 Å². The summed E-state index contributed by atoms with van der Waals surface area (Å²) < 4.78 is 12.9. The van der Waals surface area contributed by atoms with E-state index in [1.165, 1.54) is 30.2 Å². The van der Waals surface area contributed by atoms with E-state index >= 15 is 0 Å². The number of methoxy groups -OCH3 is 1. The minimum Gasteiger partial charge on any atom is -0.493 e. The first-order chi connectivity index (χ1) is 18.3. The molecule has 0 fully saturated rings. The Kier molecular flexibility index (Phi) is 9.73. The van der Waals surface area contributed by atoms with Crippen LogP contribution in [0.4, 0.5) is 5.00 Å². The Hall–Kier alpha value is -2.56. The monoisotopic (exact) mass is 576 g/mol. The Morgan fingerprint density at radius 3 is 2.87 bits per heavy atom. The van der Waals surface area contributed by atoms with E-state index in [1.807, 2.05) is 36.6 Å². The number of nitrogens with one attached hydrogen (secondary N) is 1. The number of nitrogens with zero attached hydrogens (tertiary/aromatic N) is 3. The second-order valence-electron chi connectivity index (χ2n) is 9.39. The van der Waals surface area contributed by atoms with E-state index < -0.39 is 5.97 Å². The van der Waals surface area contributed by atoms with Gasteiger partial charge in [0.1, 0.15) is 16.6 Å². The number of ether oxygens (including phenoxy) is 2. The second-order valence-corrected chi connectivity index (χ2v) is 11.9. The predicted octanol–water partition coefficient (Wildman–Crippen LogP) is 5.98. The smallest absolute Gasteiger partial charge is 0.341 e. The molecule has 0 saturated heterocycles. The molecule has 8 nitrogen and oxygen atoms in total. The molecule has 1 aliphatic carbocycles. The van der Waals surface area contributed by atoms with E-state index in [2.05, 4.69) is 22.4 Å². The number of amides is 1. The average Bonchev–Trinajstić information content (AvgIpc) is 3.45. The van der Waals surface area contributed by atoms with Crippen molar-refractivity contribution < 1.29 is 19.1 Å². The molecule has 0 radical (unpaired) electrons. The SMILES string of the molecule is CCn1c(CCCOc2ccc(Cl)cc2C)nnc1SCC(=O)Nc1sc2c(c1C(=O)OC)CCC(C)C2. The number of fused-ring (bicyclic) bond motifs is 1. The van der Waals surface area contributed by atoms with Crippen LogP contribution in [-0.4, -0.2) is 46.1 Å². The van der Waals surface area contributed by atoms with Crippen molar-refractivity contribution in [2.75, 3.05) is 24.8 Å². The van der Waals surface area contributed by atoms with Crippen molar-refractivity contribution in [1.82, 2.24) is 14.8 Å². The Morgan fingerprint density at radius 1 is 1.32 bits per heavy atom. The largest absolute Gasteiger partial charge is 0.493 e. The third-order valence-corrected chi connectivity index (χ3v) is 8.91. The van der Waals surface area contributed by atoms with Gasteiger partial charge in [-0.15, -0.1) is 21.5 Å². The number of thioether (sulfide) groups is 1. The van der Waals surface area contributed by atoms with Crippen LogP contribution in [0.5, 0.6) is 5.75 Å². The van der Waals surface area contributed by atoms with Gasteiger partial charge >= 0.3 is 5.97 Å². The Labute approximate surface area is 236 Å². The molecule has 0 aliphatic heterocycles. The van der Waals surface area contributed by atoms with Crippen molar-refractivity contribution in [3.05, 3.63) is 50.6 Å². The lowest BCUT2D eigenvalue weighted by molar-refractivity contribution is -0.113. The molecule has 1 unspecified atom stereocenters. The number of rotatable bonds is 11. The van der Waals surface area contributed by atoms with E-state index in [4.69, 9.17) is 21.1 Å². The summed E-state index contributed by atoms with van der Waals surface area (Å²) in [7, 11) is 1.37. The lowest BCUT2D eigenvalue weighted by Gasteiger charge is -2.18. The van der Waals surface area contributed by atoms with E-state index in [0.29, 0.717) is 46.2 Å². The molecule has 1 amide bonds. The van der Waals surface area contributed by atoms with E-state index in [1.54, 1.807) is 0 Å². The summed E-state index contributed by atoms with van der Waals surface area (Å²) in [6.45, 7) is 7.46. The van der Waals surface area contributed by atoms with Crippen LogP contribution in [0.2, 0.25) is 5.02 Å². The molecule has 0 spiro atoms. The molecule has 2 aromatic heterocycles. The number of aryl methyl sites for hydroxylation is 2. The maximum atomic E-state index is 12.9. The molecule has 3 aromatic rings. The van der Waals surface area contributed by atoms with Crippen molar-refractivity contribution in [3.8, 4) is 5.75 Å². The van der Waals surface area contributed by atoms with E-state index in [9.17, 15) is 9.59 Å². The maximum Gasteiger partial charge on any atom is 0.341 e. The Bertz CT molecular complexity index is 1310. The van der Waals surface area contributed by atoms with Crippen LogP contribution in [0.1, 0.15) is 58.9 Å². The molecular weight excluding hydrogens is 544 g/mol. The molecule has 1 aliphatic rings. The minimum absolute atomic E-state index is 0.163. The van der Waals surface area contributed by atoms with E-state index in [-0.39, 0.29) is 11.7 Å². The van der Waals surface area contributed by atoms with Crippen LogP contribution in [-0.2, 0) is 35.3 Å². The minimum atomic E-state index is -0.398. The molecule has 1 atom stereocenters. The summed E-state index contributed by atoms with van der Waals surface area (Å²) in [5.74, 6) is 1.83.